The van der Waals surface area contributed by atoms with Crippen molar-refractivity contribution in [2.45, 2.75) is 19.3 Å². The highest BCUT2D eigenvalue weighted by Crippen LogP contribution is 1.97. The Balaban J connectivity index is 3.10. The van der Waals surface area contributed by atoms with Crippen molar-refractivity contribution in [3.63, 3.8) is 0 Å². The molecule has 0 atom stereocenters. The largest absolute Gasteiger partial charge is 0.481 e. The van der Waals surface area contributed by atoms with E-state index in [1.165, 1.54) is 0 Å². The van der Waals surface area contributed by atoms with Crippen LogP contribution in [0, 0.1) is 0 Å². The molecule has 0 heterocycles. The predicted molar refractivity (Wildman–Crippen MR) is 32.3 cm³/mol. The van der Waals surface area contributed by atoms with Crippen LogP contribution in [0.3, 0.4) is 0 Å². The monoisotopic (exact) mass is 150 g/mol. The number of hydrogen-bond acceptors (Lipinski definition) is 2. The molecular weight excluding hydrogens is 144 g/mol. The van der Waals surface area contributed by atoms with Gasteiger partial charge in [0.2, 0.25) is 5.24 Å². The van der Waals surface area contributed by atoms with Crippen molar-refractivity contribution in [1.29, 1.82) is 0 Å². The first-order valence-electron chi connectivity index (χ1n) is 2.53. The zero-order chi connectivity index (χ0) is 7.28. The Morgan fingerprint density at radius 1 is 1.33 bits per heavy atom. The Kier molecular flexibility index (Phi) is 4.05. The molecule has 0 aromatic rings. The van der Waals surface area contributed by atoms with Crippen LogP contribution in [0.4, 0.5) is 0 Å². The van der Waals surface area contributed by atoms with Gasteiger partial charge in [-0.25, -0.2) is 0 Å². The Bertz CT molecular complexity index is 107. The van der Waals surface area contributed by atoms with Crippen LogP contribution >= 0.6 is 11.6 Å². The van der Waals surface area contributed by atoms with Crippen LogP contribution in [0.5, 0.6) is 0 Å². The fourth-order valence-electron chi connectivity index (χ4n) is 0.379. The predicted octanol–water partition coefficient (Wildman–Crippen LogP) is 1.01. The third-order valence-electron chi connectivity index (χ3n) is 0.764. The van der Waals surface area contributed by atoms with E-state index in [4.69, 9.17) is 16.7 Å². The number of rotatable bonds is 4. The Morgan fingerprint density at radius 3 is 2.22 bits per heavy atom. The lowest BCUT2D eigenvalue weighted by atomic mass is 10.2. The van der Waals surface area contributed by atoms with Gasteiger partial charge in [-0.3, -0.25) is 9.59 Å². The maximum atomic E-state index is 10.00. The summed E-state index contributed by atoms with van der Waals surface area (Å²) in [6, 6.07) is 0. The van der Waals surface area contributed by atoms with Gasteiger partial charge in [-0.2, -0.15) is 0 Å². The molecule has 0 aliphatic heterocycles. The quantitative estimate of drug-likeness (QED) is 0.609. The molecule has 0 spiro atoms. The maximum Gasteiger partial charge on any atom is 0.303 e. The first-order chi connectivity index (χ1) is 4.13. The van der Waals surface area contributed by atoms with E-state index in [-0.39, 0.29) is 12.8 Å². The minimum atomic E-state index is -0.895. The van der Waals surface area contributed by atoms with Crippen molar-refractivity contribution >= 4 is 22.8 Å². The van der Waals surface area contributed by atoms with E-state index in [0.29, 0.717) is 6.42 Å². The highest BCUT2D eigenvalue weighted by Gasteiger charge is 1.99. The fraction of sp³-hybridized carbons (Fsp3) is 0.600. The van der Waals surface area contributed by atoms with E-state index in [1.54, 1.807) is 0 Å². The summed E-state index contributed by atoms with van der Waals surface area (Å²) in [6.07, 6.45) is 0.490. The third kappa shape index (κ3) is 7.43. The van der Waals surface area contributed by atoms with Gasteiger partial charge in [0.1, 0.15) is 0 Å². The topological polar surface area (TPSA) is 54.4 Å². The minimum Gasteiger partial charge on any atom is -0.481 e. The molecule has 0 fully saturated rings. The number of carboxylic acid groups (broad SMARTS) is 1. The lowest BCUT2D eigenvalue weighted by Gasteiger charge is -1.88. The van der Waals surface area contributed by atoms with Crippen LogP contribution in [0.2, 0.25) is 0 Å². The number of hydrogen-bond donors (Lipinski definition) is 1. The van der Waals surface area contributed by atoms with Gasteiger partial charge >= 0.3 is 5.97 Å². The average molecular weight is 151 g/mol. The highest BCUT2D eigenvalue weighted by atomic mass is 35.5. The SMILES string of the molecule is O=C(O)CCCC(=O)Cl. The van der Waals surface area contributed by atoms with Crippen LogP contribution in [0.1, 0.15) is 19.3 Å². The van der Waals surface area contributed by atoms with E-state index in [1.807, 2.05) is 0 Å². The van der Waals surface area contributed by atoms with Gasteiger partial charge in [0, 0.05) is 12.8 Å². The zero-order valence-electron chi connectivity index (χ0n) is 4.76. The van der Waals surface area contributed by atoms with Crippen molar-refractivity contribution in [1.82, 2.24) is 0 Å². The van der Waals surface area contributed by atoms with Crippen molar-refractivity contribution < 1.29 is 14.7 Å². The van der Waals surface area contributed by atoms with Crippen LogP contribution in [0.15, 0.2) is 0 Å². The highest BCUT2D eigenvalue weighted by molar-refractivity contribution is 6.63. The summed E-state index contributed by atoms with van der Waals surface area (Å²) in [5.74, 6) is -0.895. The summed E-state index contributed by atoms with van der Waals surface area (Å²) in [5, 5.41) is 7.60. The lowest BCUT2D eigenvalue weighted by Crippen LogP contribution is -1.95. The molecule has 3 nitrogen and oxygen atoms in total. The average Bonchev–Trinajstić information content (AvgIpc) is 1.63. The normalized spacial score (nSPS) is 9.00. The van der Waals surface area contributed by atoms with Gasteiger partial charge in [-0.1, -0.05) is 0 Å². The molecule has 1 N–H and O–H groups in total. The Morgan fingerprint density at radius 2 is 1.89 bits per heavy atom. The number of carboxylic acids is 1. The summed E-state index contributed by atoms with van der Waals surface area (Å²) in [5.41, 5.74) is 0. The summed E-state index contributed by atoms with van der Waals surface area (Å²) >= 11 is 4.93. The molecule has 0 saturated heterocycles. The van der Waals surface area contributed by atoms with E-state index in [9.17, 15) is 9.59 Å². The van der Waals surface area contributed by atoms with Gasteiger partial charge in [-0.15, -0.1) is 0 Å². The fourth-order valence-corrected chi connectivity index (χ4v) is 0.512. The Labute approximate surface area is 57.6 Å². The van der Waals surface area contributed by atoms with Crippen LogP contribution in [0.25, 0.3) is 0 Å². The molecule has 0 aliphatic carbocycles. The number of halogens is 1. The minimum absolute atomic E-state index is 0.0124. The molecule has 52 valence electrons. The molecule has 9 heavy (non-hydrogen) atoms. The van der Waals surface area contributed by atoms with Gasteiger partial charge in [0.15, 0.2) is 0 Å². The second kappa shape index (κ2) is 4.32. The van der Waals surface area contributed by atoms with Gasteiger partial charge in [0.05, 0.1) is 0 Å². The van der Waals surface area contributed by atoms with Crippen LogP contribution in [-0.4, -0.2) is 16.3 Å². The summed E-state index contributed by atoms with van der Waals surface area (Å²) in [4.78, 5) is 19.8. The standard InChI is InChI=1S/C5H7ClO3/c6-4(7)2-1-3-5(8)9/h1-3H2,(H,8,9). The number of aliphatic carboxylic acids is 1. The molecule has 0 aromatic heterocycles. The molecular formula is C5H7ClO3. The van der Waals surface area contributed by atoms with Crippen molar-refractivity contribution in [2.75, 3.05) is 0 Å². The summed E-state index contributed by atoms with van der Waals surface area (Å²) < 4.78 is 0. The van der Waals surface area contributed by atoms with Crippen LogP contribution < -0.4 is 0 Å². The lowest BCUT2D eigenvalue weighted by molar-refractivity contribution is -0.137. The second-order valence-electron chi connectivity index (χ2n) is 1.60. The summed E-state index contributed by atoms with van der Waals surface area (Å²) in [7, 11) is 0. The first-order valence-corrected chi connectivity index (χ1v) is 2.91. The van der Waals surface area contributed by atoms with Gasteiger partial charge in [0.25, 0.3) is 0 Å². The van der Waals surface area contributed by atoms with E-state index in [2.05, 4.69) is 0 Å². The second-order valence-corrected chi connectivity index (χ2v) is 2.02. The molecule has 0 bridgehead atoms. The van der Waals surface area contributed by atoms with Crippen molar-refractivity contribution in [3.05, 3.63) is 0 Å². The van der Waals surface area contributed by atoms with E-state index >= 15 is 0 Å². The molecule has 0 aromatic carbocycles. The van der Waals surface area contributed by atoms with E-state index in [0.717, 1.165) is 0 Å². The van der Waals surface area contributed by atoms with Crippen molar-refractivity contribution in [2.24, 2.45) is 0 Å². The molecule has 0 unspecified atom stereocenters. The van der Waals surface area contributed by atoms with Gasteiger partial charge in [-0.05, 0) is 18.0 Å². The van der Waals surface area contributed by atoms with Crippen molar-refractivity contribution in [3.8, 4) is 0 Å². The number of carbonyl (C=O) groups is 2. The number of carbonyl (C=O) groups excluding carboxylic acids is 1. The molecule has 0 rings (SSSR count). The molecule has 0 aliphatic rings. The zero-order valence-corrected chi connectivity index (χ0v) is 5.52. The van der Waals surface area contributed by atoms with Gasteiger partial charge < -0.3 is 5.11 Å². The molecule has 0 amide bonds. The molecule has 4 heteroatoms. The van der Waals surface area contributed by atoms with E-state index < -0.39 is 11.2 Å². The molecule has 0 saturated carbocycles. The molecule has 0 radical (unpaired) electrons. The van der Waals surface area contributed by atoms with Crippen LogP contribution in [-0.2, 0) is 9.59 Å². The summed E-state index contributed by atoms with van der Waals surface area (Å²) in [6.45, 7) is 0. The third-order valence-corrected chi connectivity index (χ3v) is 0.953. The smallest absolute Gasteiger partial charge is 0.303 e. The Hall–Kier alpha value is -0.570. The first kappa shape index (κ1) is 8.43. The maximum absolute atomic E-state index is 10.00.